The van der Waals surface area contributed by atoms with E-state index in [4.69, 9.17) is 27.6 Å². The minimum Gasteiger partial charge on any atom is -0.459 e. The zero-order valence-electron chi connectivity index (χ0n) is 13.4. The van der Waals surface area contributed by atoms with Gasteiger partial charge in [0, 0.05) is 41.9 Å². The number of anilines is 1. The summed E-state index contributed by atoms with van der Waals surface area (Å²) in [7, 11) is 0. The van der Waals surface area contributed by atoms with Crippen molar-refractivity contribution in [3.8, 4) is 0 Å². The van der Waals surface area contributed by atoms with Crippen LogP contribution in [-0.2, 0) is 4.79 Å². The number of hydrogen-bond acceptors (Lipinski definition) is 4. The second-order valence-corrected chi connectivity index (χ2v) is 6.53. The van der Waals surface area contributed by atoms with Gasteiger partial charge in [0.1, 0.15) is 0 Å². The van der Waals surface area contributed by atoms with E-state index in [1.807, 2.05) is 0 Å². The molecule has 1 saturated heterocycles. The van der Waals surface area contributed by atoms with Gasteiger partial charge >= 0.3 is 0 Å². The van der Waals surface area contributed by atoms with Gasteiger partial charge in [0.05, 0.1) is 12.8 Å². The molecule has 1 N–H and O–H groups in total. The van der Waals surface area contributed by atoms with Gasteiger partial charge in [-0.05, 0) is 30.3 Å². The fourth-order valence-corrected chi connectivity index (χ4v) is 3.19. The van der Waals surface area contributed by atoms with E-state index in [0.717, 1.165) is 0 Å². The molecule has 0 bridgehead atoms. The molecule has 8 heteroatoms. The number of benzene rings is 1. The molecule has 1 aromatic heterocycles. The standard InChI is InChI=1S/C17H17Cl2N3O3/c18-12-8-13(19)10-14(9-12)20-11-16(23)21-3-5-22(6-4-21)17(24)15-2-1-7-25-15/h1-2,7-10,20H,3-6,11H2. The summed E-state index contributed by atoms with van der Waals surface area (Å²) in [6, 6.07) is 8.37. The van der Waals surface area contributed by atoms with Crippen molar-refractivity contribution < 1.29 is 14.0 Å². The molecule has 132 valence electrons. The highest BCUT2D eigenvalue weighted by atomic mass is 35.5. The minimum absolute atomic E-state index is 0.0406. The first kappa shape index (κ1) is 17.6. The molecule has 2 amide bonds. The maximum atomic E-state index is 12.3. The Balaban J connectivity index is 1.49. The lowest BCUT2D eigenvalue weighted by atomic mass is 10.2. The summed E-state index contributed by atoms with van der Waals surface area (Å²) in [5.41, 5.74) is 0.692. The van der Waals surface area contributed by atoms with Crippen LogP contribution in [0.5, 0.6) is 0 Å². The van der Waals surface area contributed by atoms with Crippen LogP contribution in [0.4, 0.5) is 5.69 Å². The van der Waals surface area contributed by atoms with E-state index in [-0.39, 0.29) is 18.4 Å². The van der Waals surface area contributed by atoms with Crippen LogP contribution in [0.3, 0.4) is 0 Å². The number of nitrogens with zero attached hydrogens (tertiary/aromatic N) is 2. The number of piperazine rings is 1. The quantitative estimate of drug-likeness (QED) is 0.883. The molecule has 2 aromatic rings. The SMILES string of the molecule is O=C(CNc1cc(Cl)cc(Cl)c1)N1CCN(C(=O)c2ccco2)CC1. The first-order chi connectivity index (χ1) is 12.0. The van der Waals surface area contributed by atoms with Crippen LogP contribution in [0, 0.1) is 0 Å². The lowest BCUT2D eigenvalue weighted by molar-refractivity contribution is -0.130. The van der Waals surface area contributed by atoms with Crippen molar-refractivity contribution in [2.45, 2.75) is 0 Å². The van der Waals surface area contributed by atoms with E-state index in [1.54, 1.807) is 40.1 Å². The van der Waals surface area contributed by atoms with Gasteiger partial charge in [-0.25, -0.2) is 0 Å². The number of halogens is 2. The van der Waals surface area contributed by atoms with E-state index in [2.05, 4.69) is 5.32 Å². The maximum Gasteiger partial charge on any atom is 0.289 e. The van der Waals surface area contributed by atoms with Gasteiger partial charge in [-0.2, -0.15) is 0 Å². The third-order valence-corrected chi connectivity index (χ3v) is 4.39. The minimum atomic E-state index is -0.149. The molecule has 2 heterocycles. The first-order valence-electron chi connectivity index (χ1n) is 7.83. The molecule has 1 aromatic carbocycles. The van der Waals surface area contributed by atoms with Crippen molar-refractivity contribution in [3.05, 3.63) is 52.4 Å². The Kier molecular flexibility index (Phi) is 5.50. The summed E-state index contributed by atoms with van der Waals surface area (Å²) in [6.45, 7) is 2.08. The highest BCUT2D eigenvalue weighted by Gasteiger charge is 2.25. The van der Waals surface area contributed by atoms with Crippen LogP contribution in [0.2, 0.25) is 10.0 Å². The molecule has 1 fully saturated rings. The molecule has 0 unspecified atom stereocenters. The molecule has 1 aliphatic rings. The van der Waals surface area contributed by atoms with Crippen LogP contribution >= 0.6 is 23.2 Å². The molecule has 1 aliphatic heterocycles. The molecular formula is C17H17Cl2N3O3. The lowest BCUT2D eigenvalue weighted by Gasteiger charge is -2.34. The monoisotopic (exact) mass is 381 g/mol. The van der Waals surface area contributed by atoms with Crippen LogP contribution in [-0.4, -0.2) is 54.3 Å². The molecule has 0 spiro atoms. The van der Waals surface area contributed by atoms with E-state index in [9.17, 15) is 9.59 Å². The van der Waals surface area contributed by atoms with Crippen molar-refractivity contribution in [1.29, 1.82) is 0 Å². The normalized spacial score (nSPS) is 14.5. The van der Waals surface area contributed by atoms with Crippen molar-refractivity contribution in [2.75, 3.05) is 38.0 Å². The fourth-order valence-electron chi connectivity index (χ4n) is 2.66. The van der Waals surface area contributed by atoms with Crippen LogP contribution in [0.1, 0.15) is 10.6 Å². The number of amides is 2. The average Bonchev–Trinajstić information content (AvgIpc) is 3.13. The molecule has 25 heavy (non-hydrogen) atoms. The largest absolute Gasteiger partial charge is 0.459 e. The van der Waals surface area contributed by atoms with Gasteiger partial charge in [-0.15, -0.1) is 0 Å². The van der Waals surface area contributed by atoms with E-state index in [1.165, 1.54) is 6.26 Å². The van der Waals surface area contributed by atoms with E-state index >= 15 is 0 Å². The van der Waals surface area contributed by atoms with E-state index in [0.29, 0.717) is 47.7 Å². The van der Waals surface area contributed by atoms with Gasteiger partial charge in [-0.1, -0.05) is 23.2 Å². The Hall–Kier alpha value is -2.18. The maximum absolute atomic E-state index is 12.3. The predicted molar refractivity (Wildman–Crippen MR) is 96.1 cm³/mol. The number of furan rings is 1. The highest BCUT2D eigenvalue weighted by Crippen LogP contribution is 2.22. The van der Waals surface area contributed by atoms with Crippen LogP contribution in [0.15, 0.2) is 41.0 Å². The second-order valence-electron chi connectivity index (χ2n) is 5.66. The molecule has 0 saturated carbocycles. The Morgan fingerprint density at radius 1 is 1.04 bits per heavy atom. The second kappa shape index (κ2) is 7.80. The molecule has 0 aliphatic carbocycles. The Morgan fingerprint density at radius 2 is 1.68 bits per heavy atom. The van der Waals surface area contributed by atoms with Crippen molar-refractivity contribution >= 4 is 40.7 Å². The molecule has 6 nitrogen and oxygen atoms in total. The molecule has 0 radical (unpaired) electrons. The summed E-state index contributed by atoms with van der Waals surface area (Å²) in [4.78, 5) is 27.9. The van der Waals surface area contributed by atoms with Gasteiger partial charge < -0.3 is 19.5 Å². The molecular weight excluding hydrogens is 365 g/mol. The summed E-state index contributed by atoms with van der Waals surface area (Å²) >= 11 is 11.9. The molecule has 3 rings (SSSR count). The van der Waals surface area contributed by atoms with Crippen molar-refractivity contribution in [3.63, 3.8) is 0 Å². The third-order valence-electron chi connectivity index (χ3n) is 3.96. The number of carbonyl (C=O) groups is 2. The Labute approximate surface area is 155 Å². The number of carbonyl (C=O) groups excluding carboxylic acids is 2. The average molecular weight is 382 g/mol. The van der Waals surface area contributed by atoms with Crippen LogP contribution < -0.4 is 5.32 Å². The Morgan fingerprint density at radius 3 is 2.28 bits per heavy atom. The smallest absolute Gasteiger partial charge is 0.289 e. The number of rotatable bonds is 4. The number of hydrogen-bond donors (Lipinski definition) is 1. The lowest BCUT2D eigenvalue weighted by Crippen LogP contribution is -2.51. The first-order valence-corrected chi connectivity index (χ1v) is 8.59. The van der Waals surface area contributed by atoms with Gasteiger partial charge in [0.15, 0.2) is 5.76 Å². The third kappa shape index (κ3) is 4.46. The summed E-state index contributed by atoms with van der Waals surface area (Å²) < 4.78 is 5.13. The number of nitrogens with one attached hydrogen (secondary N) is 1. The molecule has 0 atom stereocenters. The topological polar surface area (TPSA) is 65.8 Å². The van der Waals surface area contributed by atoms with Gasteiger partial charge in [0.2, 0.25) is 5.91 Å². The van der Waals surface area contributed by atoms with Gasteiger partial charge in [0.25, 0.3) is 5.91 Å². The summed E-state index contributed by atoms with van der Waals surface area (Å²) in [5.74, 6) is 0.129. The van der Waals surface area contributed by atoms with Crippen molar-refractivity contribution in [1.82, 2.24) is 9.80 Å². The van der Waals surface area contributed by atoms with E-state index < -0.39 is 0 Å². The van der Waals surface area contributed by atoms with Crippen molar-refractivity contribution in [2.24, 2.45) is 0 Å². The zero-order chi connectivity index (χ0) is 17.8. The van der Waals surface area contributed by atoms with Gasteiger partial charge in [-0.3, -0.25) is 9.59 Å². The summed E-state index contributed by atoms with van der Waals surface area (Å²) in [6.07, 6.45) is 1.47. The highest BCUT2D eigenvalue weighted by molar-refractivity contribution is 6.35. The van der Waals surface area contributed by atoms with Crippen LogP contribution in [0.25, 0.3) is 0 Å². The fraction of sp³-hybridized carbons (Fsp3) is 0.294. The summed E-state index contributed by atoms with van der Waals surface area (Å²) in [5, 5.41) is 4.04. The Bertz CT molecular complexity index is 736. The zero-order valence-corrected chi connectivity index (χ0v) is 14.9. The predicted octanol–water partition coefficient (Wildman–Crippen LogP) is 2.98.